The first-order valence-electron chi connectivity index (χ1n) is 14.2. The maximum absolute atomic E-state index is 10.5. The van der Waals surface area contributed by atoms with Crippen LogP contribution in [0.15, 0.2) is 36.7 Å². The number of hydrogen-bond acceptors (Lipinski definition) is 10. The summed E-state index contributed by atoms with van der Waals surface area (Å²) in [6.07, 6.45) is 3.17. The molecule has 4 heterocycles. The molecule has 6 aromatic rings. The molecule has 0 aliphatic carbocycles. The summed E-state index contributed by atoms with van der Waals surface area (Å²) < 4.78 is 25.6. The quantitative estimate of drug-likeness (QED) is 0.253. The van der Waals surface area contributed by atoms with Crippen LogP contribution in [0.4, 0.5) is 0 Å². The van der Waals surface area contributed by atoms with E-state index in [0.29, 0.717) is 78.3 Å². The fourth-order valence-electron chi connectivity index (χ4n) is 5.92. The molecule has 0 bridgehead atoms. The van der Waals surface area contributed by atoms with Gasteiger partial charge in [0, 0.05) is 46.4 Å². The van der Waals surface area contributed by atoms with E-state index in [1.165, 1.54) is 0 Å². The van der Waals surface area contributed by atoms with Gasteiger partial charge in [-0.1, -0.05) is 0 Å². The summed E-state index contributed by atoms with van der Waals surface area (Å²) in [6, 6.07) is 11.7. The summed E-state index contributed by atoms with van der Waals surface area (Å²) in [7, 11) is 10.0. The fourth-order valence-corrected chi connectivity index (χ4v) is 5.92. The van der Waals surface area contributed by atoms with Crippen molar-refractivity contribution in [1.29, 1.82) is 10.5 Å². The minimum absolute atomic E-state index is 0.343. The van der Waals surface area contributed by atoms with Crippen molar-refractivity contribution in [3.8, 4) is 35.1 Å². The zero-order valence-corrected chi connectivity index (χ0v) is 26.7. The Morgan fingerprint density at radius 1 is 0.609 bits per heavy atom. The Bertz CT molecular complexity index is 2280. The van der Waals surface area contributed by atoms with Gasteiger partial charge in [0.05, 0.1) is 73.6 Å². The molecule has 0 fully saturated rings. The van der Waals surface area contributed by atoms with Crippen molar-refractivity contribution >= 4 is 59.9 Å². The lowest BCUT2D eigenvalue weighted by molar-refractivity contribution is 0.355. The van der Waals surface area contributed by atoms with Crippen molar-refractivity contribution < 1.29 is 18.9 Å². The van der Waals surface area contributed by atoms with Gasteiger partial charge in [-0.2, -0.15) is 10.5 Å². The van der Waals surface area contributed by atoms with E-state index >= 15 is 0 Å². The second-order valence-corrected chi connectivity index (χ2v) is 10.6. The van der Waals surface area contributed by atoms with Crippen LogP contribution in [0.1, 0.15) is 22.8 Å². The molecule has 0 amide bonds. The summed E-state index contributed by atoms with van der Waals surface area (Å²) in [5, 5.41) is 24.1. The van der Waals surface area contributed by atoms with Gasteiger partial charge in [0.15, 0.2) is 23.0 Å². The lowest BCUT2D eigenvalue weighted by Crippen LogP contribution is -2.24. The van der Waals surface area contributed by atoms with E-state index in [2.05, 4.69) is 22.1 Å². The SMILES string of the molecule is Bn1c(C)c2/c(=C(\C#N)c3cnc4cc(OC)c(OC)cc4n3)n(B)c(C)c2/c1=C(\C#N)c1cnc2cc(OC)c(OC)cc2n1. The Hall–Kier alpha value is -6.01. The van der Waals surface area contributed by atoms with E-state index in [1.807, 2.05) is 38.8 Å². The van der Waals surface area contributed by atoms with Crippen LogP contribution in [0.25, 0.3) is 44.0 Å². The summed E-state index contributed by atoms with van der Waals surface area (Å²) in [6.45, 7) is 3.93. The summed E-state index contributed by atoms with van der Waals surface area (Å²) in [5.41, 5.74) is 5.54. The summed E-state index contributed by atoms with van der Waals surface area (Å²) >= 11 is 0. The van der Waals surface area contributed by atoms with Gasteiger partial charge in [0.1, 0.15) is 34.7 Å². The Balaban J connectivity index is 1.67. The molecule has 0 aliphatic heterocycles. The second-order valence-electron chi connectivity index (χ2n) is 10.6. The molecule has 14 heteroatoms. The van der Waals surface area contributed by atoms with Gasteiger partial charge in [-0.05, 0) is 13.8 Å². The molecule has 0 radical (unpaired) electrons. The number of aromatic nitrogens is 6. The van der Waals surface area contributed by atoms with Crippen LogP contribution in [0.2, 0.25) is 0 Å². The Labute approximate surface area is 265 Å². The Morgan fingerprint density at radius 2 is 0.935 bits per heavy atom. The highest BCUT2D eigenvalue weighted by Crippen LogP contribution is 2.32. The molecule has 0 atom stereocenters. The largest absolute Gasteiger partial charge is 0.493 e. The Kier molecular flexibility index (Phi) is 7.50. The highest BCUT2D eigenvalue weighted by atomic mass is 16.5. The first-order chi connectivity index (χ1) is 22.2. The molecular weight excluding hydrogens is 582 g/mol. The van der Waals surface area contributed by atoms with Crippen LogP contribution < -0.4 is 29.6 Å². The minimum Gasteiger partial charge on any atom is -0.493 e. The third-order valence-corrected chi connectivity index (χ3v) is 8.43. The van der Waals surface area contributed by atoms with Crippen molar-refractivity contribution in [3.05, 3.63) is 70.1 Å². The number of rotatable bonds is 6. The van der Waals surface area contributed by atoms with E-state index in [1.54, 1.807) is 65.1 Å². The number of benzene rings is 2. The van der Waals surface area contributed by atoms with Crippen molar-refractivity contribution in [2.75, 3.05) is 28.4 Å². The Morgan fingerprint density at radius 3 is 1.24 bits per heavy atom. The maximum Gasteiger partial charge on any atom is 0.223 e. The van der Waals surface area contributed by atoms with Gasteiger partial charge < -0.3 is 27.9 Å². The minimum atomic E-state index is 0.343. The number of hydrogen-bond donors (Lipinski definition) is 0. The molecular formula is C32H28B2N8O4. The average Bonchev–Trinajstić information content (AvgIpc) is 3.48. The molecule has 0 aliphatic rings. The smallest absolute Gasteiger partial charge is 0.223 e. The van der Waals surface area contributed by atoms with Gasteiger partial charge in [-0.15, -0.1) is 0 Å². The molecule has 0 saturated heterocycles. The van der Waals surface area contributed by atoms with Crippen LogP contribution in [-0.4, -0.2) is 73.3 Å². The van der Waals surface area contributed by atoms with Crippen LogP contribution in [0.3, 0.4) is 0 Å². The lowest BCUT2D eigenvalue weighted by Gasteiger charge is -2.10. The van der Waals surface area contributed by atoms with Crippen molar-refractivity contribution in [2.24, 2.45) is 0 Å². The normalized spacial score (nSPS) is 12.5. The lowest BCUT2D eigenvalue weighted by atomic mass is 10.1. The molecule has 12 nitrogen and oxygen atoms in total. The molecule has 0 spiro atoms. The number of aryl methyl sites for hydroxylation is 2. The number of ether oxygens (including phenoxy) is 4. The van der Waals surface area contributed by atoms with Gasteiger partial charge in [-0.25, -0.2) is 9.97 Å². The topological polar surface area (TPSA) is 146 Å². The molecule has 4 aromatic heterocycles. The zero-order chi connectivity index (χ0) is 32.9. The van der Waals surface area contributed by atoms with Crippen molar-refractivity contribution in [1.82, 2.24) is 28.9 Å². The highest BCUT2D eigenvalue weighted by molar-refractivity contribution is 6.14. The van der Waals surface area contributed by atoms with E-state index in [-0.39, 0.29) is 0 Å². The number of fused-ring (bicyclic) bond motifs is 3. The summed E-state index contributed by atoms with van der Waals surface area (Å²) in [4.78, 5) is 18.8. The molecule has 0 N–H and O–H groups in total. The van der Waals surface area contributed by atoms with Gasteiger partial charge >= 0.3 is 0 Å². The standard InChI is InChI=1S/C32H28B2N8O4/c1-15-29-30(32(41(15)33)18(12-36)24-14-38-20-8-26(44-4)28(46-6)10-22(20)40-24)16(2)42(34)31(29)17(11-35)23-13-37-19-7-25(43-3)27(45-5)9-21(19)39-23/h7-10,13-14H,33-34H2,1-6H3/b31-17-,32-18-. The van der Waals surface area contributed by atoms with Gasteiger partial charge in [0.25, 0.3) is 0 Å². The van der Waals surface area contributed by atoms with Crippen LogP contribution in [0, 0.1) is 36.5 Å². The maximum atomic E-state index is 10.5. The monoisotopic (exact) mass is 610 g/mol. The number of nitriles is 2. The van der Waals surface area contributed by atoms with Gasteiger partial charge in [-0.3, -0.25) is 9.97 Å². The molecule has 226 valence electrons. The number of methoxy groups -OCH3 is 4. The highest BCUT2D eigenvalue weighted by Gasteiger charge is 2.22. The third-order valence-electron chi connectivity index (χ3n) is 8.43. The fraction of sp³-hybridized carbons (Fsp3) is 0.188. The van der Waals surface area contributed by atoms with E-state index in [0.717, 1.165) is 22.2 Å². The van der Waals surface area contributed by atoms with E-state index in [4.69, 9.17) is 28.9 Å². The summed E-state index contributed by atoms with van der Waals surface area (Å²) in [5.74, 6) is 2.09. The van der Waals surface area contributed by atoms with Gasteiger partial charge in [0.2, 0.25) is 16.0 Å². The van der Waals surface area contributed by atoms with Crippen molar-refractivity contribution in [3.63, 3.8) is 0 Å². The second kappa shape index (κ2) is 11.5. The van der Waals surface area contributed by atoms with E-state index < -0.39 is 0 Å². The predicted octanol–water partition coefficient (Wildman–Crippen LogP) is 1.22. The first kappa shape index (κ1) is 30.0. The molecule has 6 rings (SSSR count). The predicted molar refractivity (Wildman–Crippen MR) is 178 cm³/mol. The molecule has 0 unspecified atom stereocenters. The van der Waals surface area contributed by atoms with Crippen LogP contribution >= 0.6 is 0 Å². The average molecular weight is 610 g/mol. The first-order valence-corrected chi connectivity index (χ1v) is 14.2. The molecule has 46 heavy (non-hydrogen) atoms. The van der Waals surface area contributed by atoms with Crippen LogP contribution in [0.5, 0.6) is 23.0 Å². The zero-order valence-electron chi connectivity index (χ0n) is 26.7. The van der Waals surface area contributed by atoms with E-state index in [9.17, 15) is 10.5 Å². The number of nitrogens with zero attached hydrogens (tertiary/aromatic N) is 8. The molecule has 2 aromatic carbocycles. The molecule has 0 saturated carbocycles. The third kappa shape index (κ3) is 4.46. The van der Waals surface area contributed by atoms with Crippen LogP contribution in [-0.2, 0) is 0 Å². The van der Waals surface area contributed by atoms with Crippen molar-refractivity contribution in [2.45, 2.75) is 13.8 Å².